The monoisotopic (exact) mass is 424 g/mol. The van der Waals surface area contributed by atoms with Gasteiger partial charge in [0.1, 0.15) is 17.3 Å². The quantitative estimate of drug-likeness (QED) is 0.530. The first kappa shape index (κ1) is 22.1. The molecule has 0 radical (unpaired) electrons. The molecule has 0 saturated heterocycles. The van der Waals surface area contributed by atoms with E-state index in [2.05, 4.69) is 24.5 Å². The van der Waals surface area contributed by atoms with Crippen molar-refractivity contribution in [1.29, 1.82) is 0 Å². The zero-order chi connectivity index (χ0) is 22.5. The van der Waals surface area contributed by atoms with Crippen molar-refractivity contribution in [1.82, 2.24) is 0 Å². The zero-order valence-electron chi connectivity index (χ0n) is 17.9. The molecule has 0 aliphatic rings. The number of hydrogen-bond acceptors (Lipinski definition) is 4. The van der Waals surface area contributed by atoms with Crippen LogP contribution < -0.4 is 15.4 Å². The summed E-state index contributed by atoms with van der Waals surface area (Å²) in [6.45, 7) is 7.67. The molecule has 2 aromatic carbocycles. The van der Waals surface area contributed by atoms with Gasteiger partial charge >= 0.3 is 0 Å². The molecule has 0 atom stereocenters. The Morgan fingerprint density at radius 2 is 1.84 bits per heavy atom. The first-order chi connectivity index (χ1) is 14.7. The van der Waals surface area contributed by atoms with Gasteiger partial charge in [-0.25, -0.2) is 4.39 Å². The number of halogens is 1. The third-order valence-electron chi connectivity index (χ3n) is 4.83. The van der Waals surface area contributed by atoms with Gasteiger partial charge < -0.3 is 19.8 Å². The molecule has 6 nitrogen and oxygen atoms in total. The molecule has 2 amide bonds. The van der Waals surface area contributed by atoms with Gasteiger partial charge in [0.15, 0.2) is 6.61 Å². The Kier molecular flexibility index (Phi) is 6.74. The maximum absolute atomic E-state index is 14.1. The Balaban J connectivity index is 1.61. The average Bonchev–Trinajstić information content (AvgIpc) is 3.14. The summed E-state index contributed by atoms with van der Waals surface area (Å²) < 4.78 is 24.8. The maximum atomic E-state index is 14.1. The third-order valence-corrected chi connectivity index (χ3v) is 4.83. The molecule has 31 heavy (non-hydrogen) atoms. The highest BCUT2D eigenvalue weighted by molar-refractivity contribution is 6.05. The number of anilines is 2. The van der Waals surface area contributed by atoms with Crippen molar-refractivity contribution < 1.29 is 23.1 Å². The van der Waals surface area contributed by atoms with Crippen LogP contribution in [-0.2, 0) is 4.79 Å². The molecule has 3 aromatic rings. The summed E-state index contributed by atoms with van der Waals surface area (Å²) in [5.74, 6) is -0.0968. The fourth-order valence-electron chi connectivity index (χ4n) is 3.24. The number of carbonyl (C=O) groups excluding carboxylic acids is 2. The van der Waals surface area contributed by atoms with E-state index in [0.717, 1.165) is 5.56 Å². The summed E-state index contributed by atoms with van der Waals surface area (Å²) in [5, 5.41) is 5.13. The Hall–Kier alpha value is -3.61. The first-order valence-corrected chi connectivity index (χ1v) is 9.92. The molecule has 0 bridgehead atoms. The molecule has 0 fully saturated rings. The van der Waals surface area contributed by atoms with Crippen LogP contribution in [-0.4, -0.2) is 18.4 Å². The summed E-state index contributed by atoms with van der Waals surface area (Å²) in [5.41, 5.74) is 2.91. The lowest BCUT2D eigenvalue weighted by Crippen LogP contribution is -2.20. The van der Waals surface area contributed by atoms with Crippen LogP contribution >= 0.6 is 0 Å². The number of rotatable bonds is 7. The van der Waals surface area contributed by atoms with Gasteiger partial charge in [0.25, 0.3) is 11.8 Å². The smallest absolute Gasteiger partial charge is 0.262 e. The topological polar surface area (TPSA) is 80.6 Å². The SMILES string of the molecule is Cc1cc(OCC(=O)Nc2ccc(F)c(NC(=O)c3ccoc3C)c2)ccc1C(C)C. The maximum Gasteiger partial charge on any atom is 0.262 e. The summed E-state index contributed by atoms with van der Waals surface area (Å²) in [7, 11) is 0. The standard InChI is InChI=1S/C24H25FN2O4/c1-14(2)19-7-6-18(11-15(19)3)31-13-23(28)26-17-5-8-21(25)22(12-17)27-24(29)20-9-10-30-16(20)4/h5-12,14H,13H2,1-4H3,(H,26,28)(H,27,29). The van der Waals surface area contributed by atoms with E-state index in [1.165, 1.54) is 36.1 Å². The highest BCUT2D eigenvalue weighted by Gasteiger charge is 2.15. The van der Waals surface area contributed by atoms with Crippen LogP contribution in [0.3, 0.4) is 0 Å². The molecule has 0 spiro atoms. The molecule has 0 saturated carbocycles. The van der Waals surface area contributed by atoms with Crippen LogP contribution in [0.2, 0.25) is 0 Å². The normalized spacial score (nSPS) is 10.8. The van der Waals surface area contributed by atoms with Gasteiger partial charge in [0.05, 0.1) is 17.5 Å². The number of benzene rings is 2. The predicted octanol–water partition coefficient (Wildman–Crippen LogP) is 5.43. The molecule has 0 aliphatic carbocycles. The second kappa shape index (κ2) is 9.47. The van der Waals surface area contributed by atoms with Crippen molar-refractivity contribution in [3.63, 3.8) is 0 Å². The first-order valence-electron chi connectivity index (χ1n) is 9.92. The number of nitrogens with one attached hydrogen (secondary N) is 2. The molecule has 2 N–H and O–H groups in total. The van der Waals surface area contributed by atoms with Crippen LogP contribution in [0.4, 0.5) is 15.8 Å². The van der Waals surface area contributed by atoms with E-state index < -0.39 is 17.6 Å². The molecule has 3 rings (SSSR count). The van der Waals surface area contributed by atoms with Gasteiger partial charge in [-0.1, -0.05) is 19.9 Å². The predicted molar refractivity (Wildman–Crippen MR) is 117 cm³/mol. The minimum atomic E-state index is -0.621. The molecule has 1 heterocycles. The van der Waals surface area contributed by atoms with Crippen molar-refractivity contribution in [2.24, 2.45) is 0 Å². The van der Waals surface area contributed by atoms with Crippen molar-refractivity contribution in [3.8, 4) is 5.75 Å². The van der Waals surface area contributed by atoms with Gasteiger partial charge in [-0.05, 0) is 67.3 Å². The summed E-state index contributed by atoms with van der Waals surface area (Å²) in [6.07, 6.45) is 1.38. The van der Waals surface area contributed by atoms with Gasteiger partial charge in [-0.2, -0.15) is 0 Å². The highest BCUT2D eigenvalue weighted by Crippen LogP contribution is 2.24. The van der Waals surface area contributed by atoms with Gasteiger partial charge in [0.2, 0.25) is 0 Å². The van der Waals surface area contributed by atoms with Crippen LogP contribution in [0, 0.1) is 19.7 Å². The average molecular weight is 424 g/mol. The molecular formula is C24H25FN2O4. The van der Waals surface area contributed by atoms with Crippen LogP contribution in [0.5, 0.6) is 5.75 Å². The Morgan fingerprint density at radius 3 is 2.48 bits per heavy atom. The second-order valence-corrected chi connectivity index (χ2v) is 7.55. The lowest BCUT2D eigenvalue weighted by Gasteiger charge is -2.13. The van der Waals surface area contributed by atoms with Gasteiger partial charge in [0, 0.05) is 5.69 Å². The lowest BCUT2D eigenvalue weighted by atomic mass is 9.98. The fourth-order valence-corrected chi connectivity index (χ4v) is 3.24. The molecule has 162 valence electrons. The number of amides is 2. The van der Waals surface area contributed by atoms with Crippen molar-refractivity contribution in [2.75, 3.05) is 17.2 Å². The third kappa shape index (κ3) is 5.51. The van der Waals surface area contributed by atoms with E-state index in [0.29, 0.717) is 28.7 Å². The minimum Gasteiger partial charge on any atom is -0.484 e. The minimum absolute atomic E-state index is 0.0517. The second-order valence-electron chi connectivity index (χ2n) is 7.55. The zero-order valence-corrected chi connectivity index (χ0v) is 17.9. The summed E-state index contributed by atoms with van der Waals surface area (Å²) in [6, 6.07) is 11.1. The van der Waals surface area contributed by atoms with Gasteiger partial charge in [-0.3, -0.25) is 9.59 Å². The van der Waals surface area contributed by atoms with E-state index in [4.69, 9.17) is 9.15 Å². The number of ether oxygens (including phenoxy) is 1. The largest absolute Gasteiger partial charge is 0.484 e. The van der Waals surface area contributed by atoms with Crippen LogP contribution in [0.15, 0.2) is 53.1 Å². The fraction of sp³-hybridized carbons (Fsp3) is 0.250. The van der Waals surface area contributed by atoms with E-state index in [1.807, 2.05) is 25.1 Å². The summed E-state index contributed by atoms with van der Waals surface area (Å²) in [4.78, 5) is 24.6. The number of aryl methyl sites for hydroxylation is 2. The molecule has 0 aliphatic heterocycles. The van der Waals surface area contributed by atoms with E-state index in [1.54, 1.807) is 6.92 Å². The van der Waals surface area contributed by atoms with Crippen LogP contribution in [0.25, 0.3) is 0 Å². The lowest BCUT2D eigenvalue weighted by molar-refractivity contribution is -0.118. The van der Waals surface area contributed by atoms with Crippen molar-refractivity contribution >= 4 is 23.2 Å². The molecule has 7 heteroatoms. The highest BCUT2D eigenvalue weighted by atomic mass is 19.1. The summed E-state index contributed by atoms with van der Waals surface area (Å²) >= 11 is 0. The molecule has 0 unspecified atom stereocenters. The van der Waals surface area contributed by atoms with E-state index >= 15 is 0 Å². The Bertz CT molecular complexity index is 1100. The number of furan rings is 1. The van der Waals surface area contributed by atoms with E-state index in [-0.39, 0.29) is 12.3 Å². The van der Waals surface area contributed by atoms with Crippen LogP contribution in [0.1, 0.15) is 47.0 Å². The van der Waals surface area contributed by atoms with Crippen molar-refractivity contribution in [3.05, 3.63) is 77.0 Å². The van der Waals surface area contributed by atoms with Crippen molar-refractivity contribution in [2.45, 2.75) is 33.6 Å². The Morgan fingerprint density at radius 1 is 1.06 bits per heavy atom. The van der Waals surface area contributed by atoms with E-state index in [9.17, 15) is 14.0 Å². The van der Waals surface area contributed by atoms with Gasteiger partial charge in [-0.15, -0.1) is 0 Å². The molecular weight excluding hydrogens is 399 g/mol. The molecule has 1 aromatic heterocycles. The number of hydrogen-bond donors (Lipinski definition) is 2. The Labute approximate surface area is 180 Å². The number of carbonyl (C=O) groups is 2.